The first-order chi connectivity index (χ1) is 43.9. The molecule has 3 fully saturated rings. The van der Waals surface area contributed by atoms with Crippen molar-refractivity contribution >= 4 is 0 Å². The van der Waals surface area contributed by atoms with Crippen LogP contribution in [0.2, 0.25) is 0 Å². The Kier molecular flexibility index (Phi) is 33.7. The Hall–Kier alpha value is -6.24. The van der Waals surface area contributed by atoms with Crippen molar-refractivity contribution in [2.45, 2.75) is 290 Å². The number of benzene rings is 8. The van der Waals surface area contributed by atoms with Gasteiger partial charge in [0.15, 0.2) is 0 Å². The second-order valence-electron chi connectivity index (χ2n) is 31.1. The van der Waals surface area contributed by atoms with Gasteiger partial charge in [-0.2, -0.15) is 0 Å². The van der Waals surface area contributed by atoms with E-state index in [0.29, 0.717) is 16.7 Å². The van der Waals surface area contributed by atoms with E-state index in [1.54, 1.807) is 16.7 Å². The van der Waals surface area contributed by atoms with Crippen molar-refractivity contribution in [3.05, 3.63) is 282 Å². The lowest BCUT2D eigenvalue weighted by atomic mass is 9.76. The molecule has 0 aromatic heterocycles. The van der Waals surface area contributed by atoms with Crippen molar-refractivity contribution in [1.29, 1.82) is 0 Å². The highest BCUT2D eigenvalue weighted by Crippen LogP contribution is 2.37. The predicted molar refractivity (Wildman–Crippen MR) is 416 cm³/mol. The summed E-state index contributed by atoms with van der Waals surface area (Å²) in [5.41, 5.74) is 28.3. The van der Waals surface area contributed by atoms with Gasteiger partial charge in [0.25, 0.3) is 0 Å². The quantitative estimate of drug-likeness (QED) is 0.142. The maximum atomic E-state index is 2.36. The molecule has 0 heteroatoms. The number of hydrogen-bond acceptors (Lipinski definition) is 0. The molecule has 0 spiro atoms. The minimum atomic E-state index is 0.260. The Labute approximate surface area is 573 Å². The highest BCUT2D eigenvalue weighted by atomic mass is 14.3. The largest absolute Gasteiger partial charge is 0.0645 e. The minimum absolute atomic E-state index is 0.260. The predicted octanol–water partition coefficient (Wildman–Crippen LogP) is 28.3. The number of hydrogen-bond donors (Lipinski definition) is 0. The van der Waals surface area contributed by atoms with E-state index in [-0.39, 0.29) is 5.41 Å². The monoisotopic (exact) mass is 1250 g/mol. The Morgan fingerprint density at radius 3 is 1.26 bits per heavy atom. The second kappa shape index (κ2) is 39.6. The Balaban J connectivity index is 0.000000227. The molecular weight excluding hydrogens is 1120 g/mol. The van der Waals surface area contributed by atoms with Crippen LogP contribution in [0.4, 0.5) is 0 Å². The van der Waals surface area contributed by atoms with Gasteiger partial charge in [0.2, 0.25) is 0 Å². The second-order valence-corrected chi connectivity index (χ2v) is 31.1. The van der Waals surface area contributed by atoms with E-state index >= 15 is 0 Å². The lowest BCUT2D eigenvalue weighted by Crippen LogP contribution is -2.20. The fourth-order valence-corrected chi connectivity index (χ4v) is 13.1. The van der Waals surface area contributed by atoms with Crippen LogP contribution in [0.15, 0.2) is 176 Å². The van der Waals surface area contributed by atoms with Crippen LogP contribution in [0.25, 0.3) is 0 Å². The van der Waals surface area contributed by atoms with Gasteiger partial charge in [0.05, 0.1) is 0 Å². The third-order valence-electron chi connectivity index (χ3n) is 20.1. The topological polar surface area (TPSA) is 0 Å². The zero-order valence-corrected chi connectivity index (χ0v) is 63.7. The molecule has 3 saturated carbocycles. The summed E-state index contributed by atoms with van der Waals surface area (Å²) < 4.78 is 0. The van der Waals surface area contributed by atoms with Crippen LogP contribution in [0.3, 0.4) is 0 Å². The molecule has 0 aliphatic heterocycles. The van der Waals surface area contributed by atoms with Crippen molar-refractivity contribution in [3.63, 3.8) is 0 Å². The van der Waals surface area contributed by atoms with Gasteiger partial charge in [-0.15, -0.1) is 0 Å². The summed E-state index contributed by atoms with van der Waals surface area (Å²) in [5.74, 6) is 3.22. The SMILES string of the molecule is CCC(C)(CC)c1ccccc1C.Cc1cc(C(C)C)cc(C(C)(C)C)c1.Cc1ccc(C)c(C)c1.Cc1ccc(C2CCCC2)cc1.Cc1ccc(CC(C)(C)C)cc1.Cc1cccc(C)c1C.Cc1cccc(C2CCCC2)c1.Cc1ccccc1C1CCCC1. The van der Waals surface area contributed by atoms with E-state index in [0.717, 1.165) is 24.2 Å². The molecule has 0 amide bonds. The average Bonchev–Trinajstić information content (AvgIpc) is 2.56. The fraction of sp³-hybridized carbons (Fsp3) is 0.484. The molecule has 0 heterocycles. The van der Waals surface area contributed by atoms with Gasteiger partial charge in [-0.1, -0.05) is 318 Å². The van der Waals surface area contributed by atoms with Crippen LogP contribution in [0, 0.1) is 88.5 Å². The van der Waals surface area contributed by atoms with Gasteiger partial charge in [0.1, 0.15) is 0 Å². The third kappa shape index (κ3) is 28.7. The fourth-order valence-electron chi connectivity index (χ4n) is 13.1. The lowest BCUT2D eigenvalue weighted by molar-refractivity contribution is 0.411. The molecule has 0 nitrogen and oxygen atoms in total. The average molecular weight is 1250 g/mol. The number of aryl methyl sites for hydroxylation is 11. The zero-order chi connectivity index (χ0) is 68.9. The van der Waals surface area contributed by atoms with Crippen molar-refractivity contribution in [2.75, 3.05) is 0 Å². The van der Waals surface area contributed by atoms with E-state index in [4.69, 9.17) is 0 Å². The third-order valence-corrected chi connectivity index (χ3v) is 20.1. The van der Waals surface area contributed by atoms with Gasteiger partial charge in [-0.25, -0.2) is 0 Å². The summed E-state index contributed by atoms with van der Waals surface area (Å²) in [6.45, 7) is 50.9. The van der Waals surface area contributed by atoms with Crippen molar-refractivity contribution in [2.24, 2.45) is 5.41 Å². The summed E-state index contributed by atoms with van der Waals surface area (Å²) in [4.78, 5) is 0. The van der Waals surface area contributed by atoms with E-state index < -0.39 is 0 Å². The molecule has 3 aliphatic rings. The normalized spacial score (nSPS) is 14.0. The minimum Gasteiger partial charge on any atom is -0.0645 e. The van der Waals surface area contributed by atoms with Gasteiger partial charge in [-0.3, -0.25) is 0 Å². The standard InChI is InChI=1S/C14H22.C13H20.3C12H16.C12H18.2C9H12/c1-10(2)12-7-11(3)8-13(9-12)14(4,5)6;1-5-13(4,6-2)12-10-8-7-9-11(12)3;1-10-6-2-5-9-12(10)11-7-3-4-8-11;1-10-5-4-8-12(9-10)11-6-2-3-7-11;1-10-6-8-12(9-7-10)11-4-2-3-5-11;1-10-5-7-11(8-6-10)9-12(2,3)4;1-7-4-5-8(2)9(3)6-7;1-7-5-4-6-8(2)9(7)3/h7-10H,1-6H3;7-10H,5-6H2,1-4H3;2,5-6,9,11H,3-4,7-8H2,1H3;4-5,8-9,11H,2-3,6-7H2,1H3;6-9,11H,2-5H2,1H3;5-8H,9H2,1-4H3;2*4-6H,1-3H3. The first-order valence-electron chi connectivity index (χ1n) is 36.4. The molecule has 0 saturated heterocycles. The zero-order valence-electron chi connectivity index (χ0n) is 63.7. The first kappa shape index (κ1) is 79.2. The molecule has 504 valence electrons. The van der Waals surface area contributed by atoms with E-state index in [1.165, 1.54) is 179 Å². The van der Waals surface area contributed by atoms with Crippen LogP contribution in [-0.4, -0.2) is 0 Å². The summed E-state index contributed by atoms with van der Waals surface area (Å²) in [5, 5.41) is 0. The Bertz CT molecular complexity index is 3340. The highest BCUT2D eigenvalue weighted by Gasteiger charge is 2.24. The summed E-state index contributed by atoms with van der Waals surface area (Å²) >= 11 is 0. The Morgan fingerprint density at radius 2 is 0.806 bits per heavy atom. The maximum absolute atomic E-state index is 2.36. The Morgan fingerprint density at radius 1 is 0.355 bits per heavy atom. The van der Waals surface area contributed by atoms with Crippen LogP contribution in [-0.2, 0) is 17.3 Å². The van der Waals surface area contributed by atoms with Crippen molar-refractivity contribution in [3.8, 4) is 0 Å². The molecule has 0 unspecified atom stereocenters. The van der Waals surface area contributed by atoms with E-state index in [1.807, 2.05) is 0 Å². The van der Waals surface area contributed by atoms with E-state index in [2.05, 4.69) is 335 Å². The first-order valence-corrected chi connectivity index (χ1v) is 36.4. The molecule has 8 aromatic rings. The molecule has 3 aliphatic carbocycles. The molecule has 0 atom stereocenters. The van der Waals surface area contributed by atoms with Crippen LogP contribution in [0.1, 0.15) is 295 Å². The number of rotatable bonds is 8. The van der Waals surface area contributed by atoms with Crippen LogP contribution < -0.4 is 0 Å². The summed E-state index contributed by atoms with van der Waals surface area (Å²) in [7, 11) is 0. The smallest absolute Gasteiger partial charge is 0.00779 e. The van der Waals surface area contributed by atoms with Gasteiger partial charge >= 0.3 is 0 Å². The van der Waals surface area contributed by atoms with Gasteiger partial charge < -0.3 is 0 Å². The molecule has 0 N–H and O–H groups in total. The summed E-state index contributed by atoms with van der Waals surface area (Å²) in [6.07, 6.45) is 20.6. The van der Waals surface area contributed by atoms with Crippen molar-refractivity contribution in [1.82, 2.24) is 0 Å². The maximum Gasteiger partial charge on any atom is -0.00779 e. The highest BCUT2D eigenvalue weighted by molar-refractivity contribution is 5.37. The summed E-state index contributed by atoms with van der Waals surface area (Å²) in [6, 6.07) is 64.2. The lowest BCUT2D eigenvalue weighted by Gasteiger charge is -2.29. The molecule has 11 rings (SSSR count). The molecule has 8 aromatic carbocycles. The molecule has 0 bridgehead atoms. The van der Waals surface area contributed by atoms with Gasteiger partial charge in [0, 0.05) is 0 Å². The molecular formula is C93H132. The van der Waals surface area contributed by atoms with Crippen LogP contribution >= 0.6 is 0 Å². The van der Waals surface area contributed by atoms with Crippen molar-refractivity contribution < 1.29 is 0 Å². The molecule has 93 heavy (non-hydrogen) atoms. The van der Waals surface area contributed by atoms with Gasteiger partial charge in [-0.05, 0) is 259 Å². The van der Waals surface area contributed by atoms with E-state index in [9.17, 15) is 0 Å². The molecule has 0 radical (unpaired) electrons. The van der Waals surface area contributed by atoms with Crippen LogP contribution in [0.5, 0.6) is 0 Å².